The van der Waals surface area contributed by atoms with E-state index in [0.717, 1.165) is 0 Å². The second-order valence-electron chi connectivity index (χ2n) is 2.50. The third-order valence-electron chi connectivity index (χ3n) is 1.91. The Balaban J connectivity index is 2.29. The van der Waals surface area contributed by atoms with E-state index >= 15 is 0 Å². The van der Waals surface area contributed by atoms with Crippen LogP contribution < -0.4 is 0 Å². The van der Waals surface area contributed by atoms with Crippen LogP contribution in [0.15, 0.2) is 24.3 Å². The molecule has 0 aliphatic heterocycles. The number of halogens is 2. The minimum absolute atomic E-state index is 0.380. The molecule has 1 fully saturated rings. The Bertz CT molecular complexity index is 171. The summed E-state index contributed by atoms with van der Waals surface area (Å²) in [5.41, 5.74) is 0. The maximum atomic E-state index is 5.88. The highest BCUT2D eigenvalue weighted by Crippen LogP contribution is 2.61. The highest BCUT2D eigenvalue weighted by atomic mass is 35.5. The topological polar surface area (TPSA) is 0 Å². The van der Waals surface area contributed by atoms with E-state index in [0.29, 0.717) is 11.8 Å². The van der Waals surface area contributed by atoms with E-state index in [9.17, 15) is 0 Å². The Hall–Kier alpha value is 0.0600. The quantitative estimate of drug-likeness (QED) is 0.479. The molecule has 0 radical (unpaired) electrons. The standard InChI is InChI=1S/C7H6Cl2/c8-7(9)5-3-1-2-4-6(5)7/h1-6H. The van der Waals surface area contributed by atoms with Crippen LogP contribution in [-0.2, 0) is 0 Å². The van der Waals surface area contributed by atoms with Crippen molar-refractivity contribution >= 4 is 23.2 Å². The van der Waals surface area contributed by atoms with Gasteiger partial charge < -0.3 is 0 Å². The normalized spacial score (nSPS) is 42.4. The van der Waals surface area contributed by atoms with Crippen molar-refractivity contribution < 1.29 is 0 Å². The molecule has 0 N–H and O–H groups in total. The SMILES string of the molecule is ClC1(Cl)C2C=CC=CC21. The lowest BCUT2D eigenvalue weighted by molar-refractivity contribution is 0.981. The lowest BCUT2D eigenvalue weighted by Gasteiger charge is -1.87. The van der Waals surface area contributed by atoms with Crippen molar-refractivity contribution in [3.8, 4) is 0 Å². The van der Waals surface area contributed by atoms with E-state index < -0.39 is 4.33 Å². The number of hydrogen-bond acceptors (Lipinski definition) is 0. The van der Waals surface area contributed by atoms with Crippen LogP contribution >= 0.6 is 23.2 Å². The van der Waals surface area contributed by atoms with E-state index in [4.69, 9.17) is 23.2 Å². The van der Waals surface area contributed by atoms with Crippen molar-refractivity contribution in [2.45, 2.75) is 4.33 Å². The second kappa shape index (κ2) is 1.56. The van der Waals surface area contributed by atoms with E-state index in [1.54, 1.807) is 0 Å². The minimum Gasteiger partial charge on any atom is -0.100 e. The molecule has 2 atom stereocenters. The third kappa shape index (κ3) is 0.667. The zero-order chi connectivity index (χ0) is 6.48. The Kier molecular flexibility index (Phi) is 1.01. The molecule has 0 amide bonds. The molecule has 2 unspecified atom stereocenters. The molecule has 0 spiro atoms. The van der Waals surface area contributed by atoms with E-state index in [2.05, 4.69) is 12.2 Å². The fraction of sp³-hybridized carbons (Fsp3) is 0.429. The largest absolute Gasteiger partial charge is 0.132 e. The van der Waals surface area contributed by atoms with Crippen LogP contribution in [0.2, 0.25) is 0 Å². The van der Waals surface area contributed by atoms with Gasteiger partial charge in [0.1, 0.15) is 4.33 Å². The molecule has 0 saturated heterocycles. The van der Waals surface area contributed by atoms with Crippen molar-refractivity contribution in [1.29, 1.82) is 0 Å². The van der Waals surface area contributed by atoms with Crippen molar-refractivity contribution in [3.63, 3.8) is 0 Å². The van der Waals surface area contributed by atoms with Gasteiger partial charge in [0, 0.05) is 11.8 Å². The van der Waals surface area contributed by atoms with Gasteiger partial charge in [-0.1, -0.05) is 24.3 Å². The van der Waals surface area contributed by atoms with Gasteiger partial charge in [-0.15, -0.1) is 23.2 Å². The molecule has 2 aliphatic rings. The van der Waals surface area contributed by atoms with E-state index in [1.165, 1.54) is 0 Å². The monoisotopic (exact) mass is 160 g/mol. The summed E-state index contributed by atoms with van der Waals surface area (Å²) in [4.78, 5) is 0. The molecule has 0 aromatic carbocycles. The first-order valence-corrected chi connectivity index (χ1v) is 3.71. The number of alkyl halides is 2. The predicted octanol–water partition coefficient (Wildman–Crippen LogP) is 2.53. The Morgan fingerprint density at radius 2 is 1.44 bits per heavy atom. The van der Waals surface area contributed by atoms with Gasteiger partial charge in [0.25, 0.3) is 0 Å². The van der Waals surface area contributed by atoms with Crippen LogP contribution in [0, 0.1) is 11.8 Å². The third-order valence-corrected chi connectivity index (χ3v) is 2.92. The van der Waals surface area contributed by atoms with Crippen molar-refractivity contribution in [2.75, 3.05) is 0 Å². The molecule has 1 saturated carbocycles. The lowest BCUT2D eigenvalue weighted by Crippen LogP contribution is -1.85. The van der Waals surface area contributed by atoms with Gasteiger partial charge in [-0.3, -0.25) is 0 Å². The summed E-state index contributed by atoms with van der Waals surface area (Å²) in [5, 5.41) is 0. The maximum Gasteiger partial charge on any atom is 0.132 e. The van der Waals surface area contributed by atoms with Gasteiger partial charge in [-0.2, -0.15) is 0 Å². The summed E-state index contributed by atoms with van der Waals surface area (Å²) in [7, 11) is 0. The molecule has 0 aromatic heterocycles. The number of hydrogen-bond donors (Lipinski definition) is 0. The van der Waals surface area contributed by atoms with Gasteiger partial charge in [-0.05, 0) is 0 Å². The van der Waals surface area contributed by atoms with Crippen molar-refractivity contribution in [1.82, 2.24) is 0 Å². The molecule has 2 aliphatic carbocycles. The molecule has 0 nitrogen and oxygen atoms in total. The first-order chi connectivity index (χ1) is 4.23. The molecule has 9 heavy (non-hydrogen) atoms. The van der Waals surface area contributed by atoms with Gasteiger partial charge in [0.2, 0.25) is 0 Å². The second-order valence-corrected chi connectivity index (χ2v) is 3.94. The molecule has 0 aromatic rings. The van der Waals surface area contributed by atoms with Gasteiger partial charge in [0.05, 0.1) is 0 Å². The summed E-state index contributed by atoms with van der Waals surface area (Å²) >= 11 is 11.8. The van der Waals surface area contributed by atoms with Crippen LogP contribution in [0.3, 0.4) is 0 Å². The Morgan fingerprint density at radius 1 is 1.00 bits per heavy atom. The Morgan fingerprint density at radius 3 is 1.78 bits per heavy atom. The first-order valence-electron chi connectivity index (χ1n) is 2.96. The van der Waals surface area contributed by atoms with Crippen LogP contribution in [0.1, 0.15) is 0 Å². The smallest absolute Gasteiger partial charge is 0.100 e. The summed E-state index contributed by atoms with van der Waals surface area (Å²) in [6.45, 7) is 0. The zero-order valence-corrected chi connectivity index (χ0v) is 6.23. The van der Waals surface area contributed by atoms with Crippen LogP contribution in [-0.4, -0.2) is 4.33 Å². The fourth-order valence-electron chi connectivity index (χ4n) is 1.24. The summed E-state index contributed by atoms with van der Waals surface area (Å²) in [5.74, 6) is 0.761. The predicted molar refractivity (Wildman–Crippen MR) is 39.7 cm³/mol. The Labute approximate surface area is 64.1 Å². The van der Waals surface area contributed by atoms with Crippen LogP contribution in [0.4, 0.5) is 0 Å². The number of rotatable bonds is 0. The molecule has 0 heterocycles. The summed E-state index contributed by atoms with van der Waals surface area (Å²) < 4.78 is -0.483. The number of allylic oxidation sites excluding steroid dienone is 4. The van der Waals surface area contributed by atoms with Crippen molar-refractivity contribution in [3.05, 3.63) is 24.3 Å². The fourth-order valence-corrected chi connectivity index (χ4v) is 1.95. The highest BCUT2D eigenvalue weighted by molar-refractivity contribution is 6.51. The molecule has 0 bridgehead atoms. The average Bonchev–Trinajstić information content (AvgIpc) is 2.39. The molecule has 2 heteroatoms. The highest BCUT2D eigenvalue weighted by Gasteiger charge is 2.60. The first kappa shape index (κ1) is 5.82. The van der Waals surface area contributed by atoms with Crippen LogP contribution in [0.5, 0.6) is 0 Å². The lowest BCUT2D eigenvalue weighted by atomic mass is 10.2. The zero-order valence-electron chi connectivity index (χ0n) is 4.72. The van der Waals surface area contributed by atoms with Crippen molar-refractivity contribution in [2.24, 2.45) is 11.8 Å². The minimum atomic E-state index is -0.483. The average molecular weight is 161 g/mol. The van der Waals surface area contributed by atoms with Gasteiger partial charge in [-0.25, -0.2) is 0 Å². The molecule has 48 valence electrons. The molecular weight excluding hydrogens is 155 g/mol. The van der Waals surface area contributed by atoms with E-state index in [1.807, 2.05) is 12.2 Å². The number of fused-ring (bicyclic) bond motifs is 1. The molecular formula is C7H6Cl2. The van der Waals surface area contributed by atoms with E-state index in [-0.39, 0.29) is 0 Å². The summed E-state index contributed by atoms with van der Waals surface area (Å²) in [6, 6.07) is 0. The van der Waals surface area contributed by atoms with Gasteiger partial charge >= 0.3 is 0 Å². The van der Waals surface area contributed by atoms with Gasteiger partial charge in [0.15, 0.2) is 0 Å². The van der Waals surface area contributed by atoms with Crippen LogP contribution in [0.25, 0.3) is 0 Å². The maximum absolute atomic E-state index is 5.88. The summed E-state index contributed by atoms with van der Waals surface area (Å²) in [6.07, 6.45) is 8.11. The molecule has 2 rings (SSSR count).